The first kappa shape index (κ1) is 21.8. The molecule has 3 fully saturated rings. The predicted octanol–water partition coefficient (Wildman–Crippen LogP) is 4.83. The number of quaternary nitrogens is 1. The largest absolute Gasteiger partial charge is 0.453 e. The molecule has 0 spiro atoms. The van der Waals surface area contributed by atoms with Gasteiger partial charge in [0, 0.05) is 36.3 Å². The van der Waals surface area contributed by atoms with Gasteiger partial charge in [-0.2, -0.15) is 22.7 Å². The first-order valence-corrected chi connectivity index (χ1v) is 13.4. The summed E-state index contributed by atoms with van der Waals surface area (Å²) < 4.78 is 7.17. The Hall–Kier alpha value is -1.99. The molecule has 6 heteroatoms. The Morgan fingerprint density at radius 2 is 1.69 bits per heavy atom. The van der Waals surface area contributed by atoms with Gasteiger partial charge in [-0.1, -0.05) is 30.3 Å². The molecule has 168 valence electrons. The smallest absolute Gasteiger partial charge is 0.348 e. The van der Waals surface area contributed by atoms with E-state index in [4.69, 9.17) is 4.74 Å². The number of rotatable bonds is 8. The highest BCUT2D eigenvalue weighted by Gasteiger charge is 2.50. The Kier molecular flexibility index (Phi) is 6.21. The van der Waals surface area contributed by atoms with Gasteiger partial charge in [0.05, 0.1) is 19.6 Å². The Morgan fingerprint density at radius 1 is 1.03 bits per heavy atom. The highest BCUT2D eigenvalue weighted by molar-refractivity contribution is 7.08. The van der Waals surface area contributed by atoms with E-state index < -0.39 is 11.6 Å². The van der Waals surface area contributed by atoms with Crippen molar-refractivity contribution in [3.63, 3.8) is 0 Å². The molecule has 3 saturated heterocycles. The van der Waals surface area contributed by atoms with Crippen LogP contribution >= 0.6 is 22.7 Å². The summed E-state index contributed by atoms with van der Waals surface area (Å²) in [7, 11) is 0. The molecule has 0 aliphatic carbocycles. The molecule has 3 aliphatic heterocycles. The summed E-state index contributed by atoms with van der Waals surface area (Å²) in [5, 5.41) is 19.0. The van der Waals surface area contributed by atoms with Gasteiger partial charge >= 0.3 is 5.97 Å². The molecule has 4 nitrogen and oxygen atoms in total. The van der Waals surface area contributed by atoms with E-state index in [1.807, 2.05) is 33.7 Å². The summed E-state index contributed by atoms with van der Waals surface area (Å²) in [6.45, 7) is 4.34. The SMILES string of the molecule is O=C(O[C@H]1C[N+]2(CCCc3ccccc3)CCC1CC2)C(O)(c1ccsc1)c1ccsc1. The van der Waals surface area contributed by atoms with E-state index in [0.717, 1.165) is 43.3 Å². The van der Waals surface area contributed by atoms with Crippen molar-refractivity contribution in [2.75, 3.05) is 26.2 Å². The zero-order valence-corrected chi connectivity index (χ0v) is 19.8. The van der Waals surface area contributed by atoms with Crippen LogP contribution in [0.25, 0.3) is 0 Å². The Bertz CT molecular complexity index is 975. The van der Waals surface area contributed by atoms with E-state index in [0.29, 0.717) is 17.0 Å². The number of hydrogen-bond donors (Lipinski definition) is 1. The van der Waals surface area contributed by atoms with E-state index in [2.05, 4.69) is 30.3 Å². The third-order valence-corrected chi connectivity index (χ3v) is 8.78. The fourth-order valence-electron chi connectivity index (χ4n) is 5.50. The summed E-state index contributed by atoms with van der Waals surface area (Å²) >= 11 is 2.96. The lowest BCUT2D eigenvalue weighted by Crippen LogP contribution is -2.65. The molecule has 2 aromatic heterocycles. The van der Waals surface area contributed by atoms with Gasteiger partial charge in [0.25, 0.3) is 0 Å². The van der Waals surface area contributed by atoms with Crippen LogP contribution in [0.15, 0.2) is 64.0 Å². The lowest BCUT2D eigenvalue weighted by atomic mass is 9.82. The van der Waals surface area contributed by atoms with E-state index >= 15 is 0 Å². The van der Waals surface area contributed by atoms with Crippen molar-refractivity contribution in [2.24, 2.45) is 5.92 Å². The Labute approximate surface area is 197 Å². The second-order valence-corrected chi connectivity index (χ2v) is 10.9. The maximum Gasteiger partial charge on any atom is 0.348 e. The maximum absolute atomic E-state index is 13.4. The molecule has 3 aliphatic rings. The third kappa shape index (κ3) is 4.17. The fourth-order valence-corrected chi connectivity index (χ4v) is 6.90. The predicted molar refractivity (Wildman–Crippen MR) is 129 cm³/mol. The number of fused-ring (bicyclic) bond motifs is 3. The van der Waals surface area contributed by atoms with Gasteiger partial charge in [0.2, 0.25) is 5.60 Å². The number of ether oxygens (including phenoxy) is 1. The summed E-state index contributed by atoms with van der Waals surface area (Å²) in [5.74, 6) is -0.127. The molecule has 6 rings (SSSR count). The van der Waals surface area contributed by atoms with E-state index in [-0.39, 0.29) is 6.10 Å². The van der Waals surface area contributed by atoms with Crippen LogP contribution in [0.3, 0.4) is 0 Å². The third-order valence-electron chi connectivity index (χ3n) is 7.41. The molecule has 1 N–H and O–H groups in total. The molecule has 32 heavy (non-hydrogen) atoms. The summed E-state index contributed by atoms with van der Waals surface area (Å²) in [6.07, 6.45) is 4.30. The van der Waals surface area contributed by atoms with E-state index in [1.54, 1.807) is 0 Å². The minimum absolute atomic E-state index is 0.120. The van der Waals surface area contributed by atoms with E-state index in [1.165, 1.54) is 41.3 Å². The lowest BCUT2D eigenvalue weighted by Gasteiger charge is -2.52. The monoisotopic (exact) mass is 468 g/mol. The highest BCUT2D eigenvalue weighted by Crippen LogP contribution is 2.39. The van der Waals surface area contributed by atoms with Gasteiger partial charge < -0.3 is 14.3 Å². The normalized spacial score (nSPS) is 25.0. The van der Waals surface area contributed by atoms with Crippen molar-refractivity contribution in [3.05, 3.63) is 80.7 Å². The molecule has 1 atom stereocenters. The van der Waals surface area contributed by atoms with Crippen molar-refractivity contribution >= 4 is 28.6 Å². The van der Waals surface area contributed by atoms with Gasteiger partial charge in [0.15, 0.2) is 6.10 Å². The van der Waals surface area contributed by atoms with Gasteiger partial charge in [-0.15, -0.1) is 0 Å². The molecular weight excluding hydrogens is 438 g/mol. The van der Waals surface area contributed by atoms with Gasteiger partial charge in [-0.25, -0.2) is 4.79 Å². The summed E-state index contributed by atoms with van der Waals surface area (Å²) in [6, 6.07) is 14.3. The van der Waals surface area contributed by atoms with Crippen LogP contribution in [0.1, 0.15) is 36.0 Å². The first-order chi connectivity index (χ1) is 15.6. The average molecular weight is 469 g/mol. The number of piperidine rings is 3. The quantitative estimate of drug-likeness (QED) is 0.380. The molecule has 1 aromatic carbocycles. The van der Waals surface area contributed by atoms with Gasteiger partial charge in [-0.3, -0.25) is 0 Å². The fraction of sp³-hybridized carbons (Fsp3) is 0.423. The second-order valence-electron chi connectivity index (χ2n) is 9.30. The zero-order chi connectivity index (χ0) is 22.0. The number of hydrogen-bond acceptors (Lipinski definition) is 5. The Morgan fingerprint density at radius 3 is 2.28 bits per heavy atom. The van der Waals surface area contributed by atoms with Gasteiger partial charge in [0.1, 0.15) is 6.54 Å². The number of carbonyl (C=O) groups is 1. The minimum Gasteiger partial charge on any atom is -0.453 e. The zero-order valence-electron chi connectivity index (χ0n) is 18.2. The topological polar surface area (TPSA) is 46.5 Å². The van der Waals surface area contributed by atoms with Crippen molar-refractivity contribution < 1.29 is 19.1 Å². The van der Waals surface area contributed by atoms with E-state index in [9.17, 15) is 9.90 Å². The van der Waals surface area contributed by atoms with Crippen molar-refractivity contribution in [1.82, 2.24) is 0 Å². The molecular formula is C26H30NO3S2+. The number of carbonyl (C=O) groups excluding carboxylic acids is 1. The van der Waals surface area contributed by atoms with Crippen molar-refractivity contribution in [1.29, 1.82) is 0 Å². The minimum atomic E-state index is -1.73. The molecule has 0 radical (unpaired) electrons. The summed E-state index contributed by atoms with van der Waals surface area (Å²) in [5.41, 5.74) is 0.847. The molecule has 2 bridgehead atoms. The Balaban J connectivity index is 1.28. The summed E-state index contributed by atoms with van der Waals surface area (Å²) in [4.78, 5) is 13.4. The van der Waals surface area contributed by atoms with Crippen LogP contribution in [-0.2, 0) is 21.6 Å². The number of aliphatic hydroxyl groups is 1. The number of nitrogens with zero attached hydrogens (tertiary/aromatic N) is 1. The van der Waals surface area contributed by atoms with Crippen LogP contribution in [0.4, 0.5) is 0 Å². The average Bonchev–Trinajstić information content (AvgIpc) is 3.55. The van der Waals surface area contributed by atoms with Gasteiger partial charge in [-0.05, 0) is 45.6 Å². The molecule has 0 amide bonds. The van der Waals surface area contributed by atoms with Crippen LogP contribution < -0.4 is 0 Å². The number of benzene rings is 1. The van der Waals surface area contributed by atoms with Crippen molar-refractivity contribution in [3.8, 4) is 0 Å². The lowest BCUT2D eigenvalue weighted by molar-refractivity contribution is -0.946. The number of esters is 1. The van der Waals surface area contributed by atoms with Crippen molar-refractivity contribution in [2.45, 2.75) is 37.4 Å². The number of thiophene rings is 2. The molecule has 0 saturated carbocycles. The molecule has 3 aromatic rings. The van der Waals surface area contributed by atoms with Crippen LogP contribution in [0.5, 0.6) is 0 Å². The second kappa shape index (κ2) is 9.10. The maximum atomic E-state index is 13.4. The molecule has 5 heterocycles. The standard InChI is InChI=1S/C26H30NO3S2/c28-25(26(29,22-10-15-31-18-22)23-11-16-32-19-23)30-24-17-27(13-8-21(24)9-14-27)12-4-7-20-5-2-1-3-6-20/h1-3,5-6,10-11,15-16,18-19,21,24,29H,4,7-9,12-14,17H2/q+1/t21?,24-,27?/m0/s1. The highest BCUT2D eigenvalue weighted by atomic mass is 32.1. The van der Waals surface area contributed by atoms with Crippen LogP contribution in [0.2, 0.25) is 0 Å². The van der Waals surface area contributed by atoms with Crippen LogP contribution in [-0.4, -0.2) is 47.8 Å². The van der Waals surface area contributed by atoms with Crippen LogP contribution in [0, 0.1) is 5.92 Å². The molecule has 0 unspecified atom stereocenters. The number of aryl methyl sites for hydroxylation is 1. The first-order valence-electron chi connectivity index (χ1n) is 11.5.